The standard InChI is InChI=1S/C17H20ClN/c1-12(2)14-5-8-17(9-6-14)19-11-15-4-7-16(18)10-13(15)3/h4-10,12,19H,11H2,1-3H3. The molecule has 0 amide bonds. The summed E-state index contributed by atoms with van der Waals surface area (Å²) >= 11 is 5.96. The van der Waals surface area contributed by atoms with Crippen molar-refractivity contribution in [3.63, 3.8) is 0 Å². The second kappa shape index (κ2) is 6.12. The molecule has 2 aromatic carbocycles. The maximum atomic E-state index is 5.96. The van der Waals surface area contributed by atoms with Crippen LogP contribution in [0.2, 0.25) is 5.02 Å². The molecule has 0 atom stereocenters. The smallest absolute Gasteiger partial charge is 0.0408 e. The van der Waals surface area contributed by atoms with Crippen LogP contribution in [0.3, 0.4) is 0 Å². The molecular formula is C17H20ClN. The molecule has 0 aliphatic heterocycles. The van der Waals surface area contributed by atoms with Gasteiger partial charge in [-0.05, 0) is 53.8 Å². The lowest BCUT2D eigenvalue weighted by Crippen LogP contribution is -2.01. The van der Waals surface area contributed by atoms with E-state index in [1.54, 1.807) is 0 Å². The van der Waals surface area contributed by atoms with Crippen molar-refractivity contribution in [2.24, 2.45) is 0 Å². The van der Waals surface area contributed by atoms with Gasteiger partial charge in [0.2, 0.25) is 0 Å². The third kappa shape index (κ3) is 3.74. The highest BCUT2D eigenvalue weighted by Gasteiger charge is 2.01. The lowest BCUT2D eigenvalue weighted by Gasteiger charge is -2.11. The fourth-order valence-corrected chi connectivity index (χ4v) is 2.27. The number of hydrogen-bond acceptors (Lipinski definition) is 1. The van der Waals surface area contributed by atoms with E-state index in [-0.39, 0.29) is 0 Å². The molecule has 2 rings (SSSR count). The number of hydrogen-bond donors (Lipinski definition) is 1. The Morgan fingerprint density at radius 1 is 1.05 bits per heavy atom. The Bertz CT molecular complexity index is 544. The van der Waals surface area contributed by atoms with Crippen LogP contribution in [0, 0.1) is 6.92 Å². The van der Waals surface area contributed by atoms with Crippen molar-refractivity contribution in [2.75, 3.05) is 5.32 Å². The summed E-state index contributed by atoms with van der Waals surface area (Å²) in [6.45, 7) is 7.33. The van der Waals surface area contributed by atoms with Crippen LogP contribution in [-0.4, -0.2) is 0 Å². The summed E-state index contributed by atoms with van der Waals surface area (Å²) in [5.74, 6) is 0.576. The summed E-state index contributed by atoms with van der Waals surface area (Å²) in [4.78, 5) is 0. The molecule has 0 aliphatic carbocycles. The molecule has 1 nitrogen and oxygen atoms in total. The van der Waals surface area contributed by atoms with Gasteiger partial charge in [0, 0.05) is 17.3 Å². The molecule has 0 heterocycles. The van der Waals surface area contributed by atoms with Crippen LogP contribution in [0.15, 0.2) is 42.5 Å². The predicted molar refractivity (Wildman–Crippen MR) is 84.0 cm³/mol. The van der Waals surface area contributed by atoms with Gasteiger partial charge in [0.05, 0.1) is 0 Å². The third-order valence-corrected chi connectivity index (χ3v) is 3.60. The molecule has 0 radical (unpaired) electrons. The maximum Gasteiger partial charge on any atom is 0.0408 e. The van der Waals surface area contributed by atoms with E-state index in [1.807, 2.05) is 12.1 Å². The van der Waals surface area contributed by atoms with Gasteiger partial charge in [-0.25, -0.2) is 0 Å². The Morgan fingerprint density at radius 3 is 2.32 bits per heavy atom. The average molecular weight is 274 g/mol. The van der Waals surface area contributed by atoms with E-state index >= 15 is 0 Å². The van der Waals surface area contributed by atoms with Gasteiger partial charge in [0.15, 0.2) is 0 Å². The quantitative estimate of drug-likeness (QED) is 0.788. The molecule has 0 aliphatic rings. The van der Waals surface area contributed by atoms with E-state index in [0.717, 1.165) is 17.3 Å². The minimum absolute atomic E-state index is 0.576. The van der Waals surface area contributed by atoms with Gasteiger partial charge >= 0.3 is 0 Å². The Labute approximate surface area is 120 Å². The van der Waals surface area contributed by atoms with E-state index in [4.69, 9.17) is 11.6 Å². The minimum Gasteiger partial charge on any atom is -0.381 e. The van der Waals surface area contributed by atoms with Gasteiger partial charge in [0.1, 0.15) is 0 Å². The topological polar surface area (TPSA) is 12.0 Å². The number of aryl methyl sites for hydroxylation is 1. The highest BCUT2D eigenvalue weighted by molar-refractivity contribution is 6.30. The van der Waals surface area contributed by atoms with Crippen molar-refractivity contribution in [3.05, 3.63) is 64.2 Å². The van der Waals surface area contributed by atoms with Crippen LogP contribution < -0.4 is 5.32 Å². The number of rotatable bonds is 4. The first-order valence-electron chi connectivity index (χ1n) is 6.65. The fourth-order valence-electron chi connectivity index (χ4n) is 2.04. The molecule has 0 saturated heterocycles. The Hall–Kier alpha value is -1.47. The normalized spacial score (nSPS) is 10.8. The Balaban J connectivity index is 2.02. The molecule has 2 aromatic rings. The van der Waals surface area contributed by atoms with Crippen molar-refractivity contribution in [2.45, 2.75) is 33.2 Å². The van der Waals surface area contributed by atoms with Crippen LogP contribution in [0.25, 0.3) is 0 Å². The average Bonchev–Trinajstić information content (AvgIpc) is 2.38. The number of anilines is 1. The molecule has 0 unspecified atom stereocenters. The number of benzene rings is 2. The second-order valence-corrected chi connectivity index (χ2v) is 5.64. The summed E-state index contributed by atoms with van der Waals surface area (Å²) in [5.41, 5.74) is 5.02. The highest BCUT2D eigenvalue weighted by atomic mass is 35.5. The van der Waals surface area contributed by atoms with Crippen LogP contribution in [0.5, 0.6) is 0 Å². The van der Waals surface area contributed by atoms with E-state index in [0.29, 0.717) is 5.92 Å². The highest BCUT2D eigenvalue weighted by Crippen LogP contribution is 2.19. The predicted octanol–water partition coefficient (Wildman–Crippen LogP) is 5.38. The molecular weight excluding hydrogens is 254 g/mol. The van der Waals surface area contributed by atoms with Gasteiger partial charge in [-0.1, -0.05) is 43.6 Å². The third-order valence-electron chi connectivity index (χ3n) is 3.36. The first-order valence-corrected chi connectivity index (χ1v) is 7.03. The fraction of sp³-hybridized carbons (Fsp3) is 0.294. The summed E-state index contributed by atoms with van der Waals surface area (Å²) < 4.78 is 0. The first-order chi connectivity index (χ1) is 9.06. The van der Waals surface area contributed by atoms with Crippen LogP contribution >= 0.6 is 11.6 Å². The van der Waals surface area contributed by atoms with Crippen molar-refractivity contribution in [1.82, 2.24) is 0 Å². The number of nitrogens with one attached hydrogen (secondary N) is 1. The van der Waals surface area contributed by atoms with Crippen LogP contribution in [-0.2, 0) is 6.54 Å². The van der Waals surface area contributed by atoms with E-state index in [1.165, 1.54) is 16.7 Å². The SMILES string of the molecule is Cc1cc(Cl)ccc1CNc1ccc(C(C)C)cc1. The van der Waals surface area contributed by atoms with E-state index in [2.05, 4.69) is 56.4 Å². The first kappa shape index (κ1) is 14.0. The van der Waals surface area contributed by atoms with Crippen molar-refractivity contribution >= 4 is 17.3 Å². The number of halogens is 1. The summed E-state index contributed by atoms with van der Waals surface area (Å²) in [7, 11) is 0. The zero-order valence-electron chi connectivity index (χ0n) is 11.7. The molecule has 100 valence electrons. The van der Waals surface area contributed by atoms with Crippen LogP contribution in [0.4, 0.5) is 5.69 Å². The van der Waals surface area contributed by atoms with Gasteiger partial charge in [-0.2, -0.15) is 0 Å². The Kier molecular flexibility index (Phi) is 4.49. The van der Waals surface area contributed by atoms with E-state index in [9.17, 15) is 0 Å². The molecule has 2 heteroatoms. The summed E-state index contributed by atoms with van der Waals surface area (Å²) in [6, 6.07) is 14.7. The molecule has 19 heavy (non-hydrogen) atoms. The zero-order valence-corrected chi connectivity index (χ0v) is 12.5. The van der Waals surface area contributed by atoms with Crippen molar-refractivity contribution in [1.29, 1.82) is 0 Å². The summed E-state index contributed by atoms with van der Waals surface area (Å²) in [6.07, 6.45) is 0. The lowest BCUT2D eigenvalue weighted by atomic mass is 10.0. The summed E-state index contributed by atoms with van der Waals surface area (Å²) in [5, 5.41) is 4.24. The monoisotopic (exact) mass is 273 g/mol. The second-order valence-electron chi connectivity index (χ2n) is 5.20. The molecule has 1 N–H and O–H groups in total. The van der Waals surface area contributed by atoms with Gasteiger partial charge in [-0.3, -0.25) is 0 Å². The molecule has 0 spiro atoms. The minimum atomic E-state index is 0.576. The van der Waals surface area contributed by atoms with Crippen molar-refractivity contribution < 1.29 is 0 Å². The molecule has 0 fully saturated rings. The van der Waals surface area contributed by atoms with Gasteiger partial charge < -0.3 is 5.32 Å². The lowest BCUT2D eigenvalue weighted by molar-refractivity contribution is 0.867. The van der Waals surface area contributed by atoms with Gasteiger partial charge in [0.25, 0.3) is 0 Å². The maximum absolute atomic E-state index is 5.96. The van der Waals surface area contributed by atoms with E-state index < -0.39 is 0 Å². The van der Waals surface area contributed by atoms with Crippen LogP contribution in [0.1, 0.15) is 36.5 Å². The van der Waals surface area contributed by atoms with Crippen molar-refractivity contribution in [3.8, 4) is 0 Å². The Morgan fingerprint density at radius 2 is 1.74 bits per heavy atom. The largest absolute Gasteiger partial charge is 0.381 e. The molecule has 0 bridgehead atoms. The molecule has 0 aromatic heterocycles. The van der Waals surface area contributed by atoms with Gasteiger partial charge in [-0.15, -0.1) is 0 Å². The zero-order chi connectivity index (χ0) is 13.8. The molecule has 0 saturated carbocycles.